The van der Waals surface area contributed by atoms with Crippen LogP contribution in [0.25, 0.3) is 0 Å². The molecule has 0 spiro atoms. The minimum absolute atomic E-state index is 0.690. The van der Waals surface area contributed by atoms with Gasteiger partial charge in [0.05, 0.1) is 0 Å². The van der Waals surface area contributed by atoms with Crippen LogP contribution in [0.3, 0.4) is 0 Å². The van der Waals surface area contributed by atoms with Gasteiger partial charge in [0.15, 0.2) is 0 Å². The van der Waals surface area contributed by atoms with E-state index in [1.807, 2.05) is 21.3 Å². The van der Waals surface area contributed by atoms with Crippen LogP contribution in [-0.2, 0) is 26.1 Å². The van der Waals surface area contributed by atoms with Crippen molar-refractivity contribution in [3.05, 3.63) is 10.1 Å². The first-order valence-electron chi connectivity index (χ1n) is 1.43. The van der Waals surface area contributed by atoms with Crippen molar-refractivity contribution in [3.8, 4) is 0 Å². The van der Waals surface area contributed by atoms with Crippen LogP contribution in [0.2, 0.25) is 0 Å². The Bertz CT molecular complexity index is 72.0. The van der Waals surface area contributed by atoms with Gasteiger partial charge in [-0.15, -0.1) is 0 Å². The number of aliphatic carboxylic acids is 1. The minimum atomic E-state index is -0.833. The van der Waals surface area contributed by atoms with Crippen LogP contribution in [0.15, 0.2) is 0 Å². The van der Waals surface area contributed by atoms with Crippen molar-refractivity contribution in [3.63, 3.8) is 0 Å². The monoisotopic (exact) mass is 213 g/mol. The molecule has 0 aliphatic heterocycles. The average Bonchev–Trinajstić information content (AvgIpc) is 1.25. The van der Waals surface area contributed by atoms with E-state index in [4.69, 9.17) is 20.0 Å². The van der Waals surface area contributed by atoms with Crippen LogP contribution in [0.5, 0.6) is 0 Å². The molecule has 0 unspecified atom stereocenters. The molecule has 0 bridgehead atoms. The number of hydrogen-bond donors (Lipinski definition) is 1. The van der Waals surface area contributed by atoms with E-state index in [0.29, 0.717) is 0 Å². The van der Waals surface area contributed by atoms with Crippen molar-refractivity contribution in [2.75, 3.05) is 0 Å². The molecular weight excluding hydrogens is 210 g/mol. The SMILES string of the molecule is CC(=O)O.O=[N+]([O-])[Ag]. The zero-order valence-corrected chi connectivity index (χ0v) is 5.40. The third-order valence-corrected chi connectivity index (χ3v) is 0. The number of carboxylic acids is 1. The summed E-state index contributed by atoms with van der Waals surface area (Å²) < 4.78 is -0.690. The van der Waals surface area contributed by atoms with E-state index in [0.717, 1.165) is 6.92 Å². The van der Waals surface area contributed by atoms with Crippen molar-refractivity contribution in [2.24, 2.45) is 0 Å². The third kappa shape index (κ3) is 785. The van der Waals surface area contributed by atoms with Gasteiger partial charge in [-0.3, -0.25) is 4.79 Å². The predicted molar refractivity (Wildman–Crippen MR) is 20.3 cm³/mol. The number of nitro groups is 1. The van der Waals surface area contributed by atoms with Crippen LogP contribution in [0.4, 0.5) is 0 Å². The zero-order valence-electron chi connectivity index (χ0n) is 3.92. The molecule has 0 radical (unpaired) electrons. The zero-order chi connectivity index (χ0) is 7.15. The maximum absolute atomic E-state index is 9.00. The molecule has 0 aromatic heterocycles. The molecule has 0 saturated heterocycles. The second-order valence-corrected chi connectivity index (χ2v) is 1.24. The molecule has 6 heteroatoms. The van der Waals surface area contributed by atoms with Crippen LogP contribution in [0.1, 0.15) is 6.92 Å². The number of rotatable bonds is 0. The van der Waals surface area contributed by atoms with Crippen LogP contribution in [-0.4, -0.2) is 14.4 Å². The van der Waals surface area contributed by atoms with Gasteiger partial charge in [-0.25, -0.2) is 0 Å². The summed E-state index contributed by atoms with van der Waals surface area (Å²) >= 11 is 2.01. The predicted octanol–water partition coefficient (Wildman–Crippen LogP) is -0.184. The molecule has 52 valence electrons. The van der Waals surface area contributed by atoms with Gasteiger partial charge in [0.2, 0.25) is 0 Å². The number of hydrogen-bond acceptors (Lipinski definition) is 3. The maximum atomic E-state index is 9.00. The van der Waals surface area contributed by atoms with Crippen LogP contribution >= 0.6 is 0 Å². The molecule has 0 heterocycles. The molecule has 0 fully saturated rings. The molecule has 0 aromatic carbocycles. The van der Waals surface area contributed by atoms with Gasteiger partial charge in [0, 0.05) is 6.92 Å². The van der Waals surface area contributed by atoms with Gasteiger partial charge >= 0.3 is 34.8 Å². The number of nitrogens with zero attached hydrogens (tertiary/aromatic N) is 1. The normalized spacial score (nSPS) is 6.38. The van der Waals surface area contributed by atoms with Crippen molar-refractivity contribution < 1.29 is 34.6 Å². The quantitative estimate of drug-likeness (QED) is 0.344. The van der Waals surface area contributed by atoms with E-state index in [1.165, 1.54) is 0 Å². The van der Waals surface area contributed by atoms with E-state index in [9.17, 15) is 0 Å². The van der Waals surface area contributed by atoms with E-state index in [1.54, 1.807) is 0 Å². The second-order valence-electron chi connectivity index (χ2n) is 0.704. The van der Waals surface area contributed by atoms with Crippen molar-refractivity contribution >= 4 is 5.97 Å². The molecule has 5 nitrogen and oxygen atoms in total. The van der Waals surface area contributed by atoms with Gasteiger partial charge in [0.1, 0.15) is 0 Å². The summed E-state index contributed by atoms with van der Waals surface area (Å²) in [6.45, 7) is 1.08. The van der Waals surface area contributed by atoms with Crippen molar-refractivity contribution in [1.29, 1.82) is 0 Å². The van der Waals surface area contributed by atoms with E-state index >= 15 is 0 Å². The molecule has 0 saturated carbocycles. The molecule has 0 rings (SSSR count). The molecule has 0 aliphatic carbocycles. The first-order valence-corrected chi connectivity index (χ1v) is 2.09. The molecule has 0 aliphatic rings. The molecule has 0 atom stereocenters. The Kier molecular flexibility index (Phi) is 8.73. The summed E-state index contributed by atoms with van der Waals surface area (Å²) in [5.74, 6) is -0.833. The standard InChI is InChI=1S/C2H4O2.Ag.NO2/c1-2(3)4;;2-1-3/h1H3,(H,3,4);;. The van der Waals surface area contributed by atoms with Gasteiger partial charge in [-0.2, -0.15) is 0 Å². The number of carbonyl (C=O) groups is 1. The molecule has 0 aromatic rings. The number of carboxylic acid groups (broad SMARTS) is 1. The summed E-state index contributed by atoms with van der Waals surface area (Å²) in [7, 11) is 0. The Labute approximate surface area is 58.1 Å². The summed E-state index contributed by atoms with van der Waals surface area (Å²) in [6.07, 6.45) is 0. The van der Waals surface area contributed by atoms with Gasteiger partial charge in [-0.05, 0) is 0 Å². The topological polar surface area (TPSA) is 80.4 Å². The fourth-order valence-electron chi connectivity index (χ4n) is 0. The van der Waals surface area contributed by atoms with Crippen molar-refractivity contribution in [1.82, 2.24) is 0 Å². The Morgan fingerprint density at radius 1 is 1.88 bits per heavy atom. The van der Waals surface area contributed by atoms with Gasteiger partial charge in [0.25, 0.3) is 5.97 Å². The fourth-order valence-corrected chi connectivity index (χ4v) is 0. The van der Waals surface area contributed by atoms with Crippen LogP contribution < -0.4 is 0 Å². The average molecular weight is 214 g/mol. The Morgan fingerprint density at radius 3 is 1.88 bits per heavy atom. The first kappa shape index (κ1) is 10.6. The first-order chi connectivity index (χ1) is 3.46. The van der Waals surface area contributed by atoms with E-state index < -0.39 is 9.30 Å². The molecule has 0 amide bonds. The van der Waals surface area contributed by atoms with E-state index in [2.05, 4.69) is 0 Å². The molecule has 8 heavy (non-hydrogen) atoms. The van der Waals surface area contributed by atoms with Crippen molar-refractivity contribution in [2.45, 2.75) is 6.92 Å². The second kappa shape index (κ2) is 6.61. The Hall–Kier alpha value is -0.390. The summed E-state index contributed by atoms with van der Waals surface area (Å²) in [4.78, 5) is 17.7. The molecular formula is C2H4AgNO4. The Balaban J connectivity index is 0. The summed E-state index contributed by atoms with van der Waals surface area (Å²) in [6, 6.07) is 0. The third-order valence-electron chi connectivity index (χ3n) is 0. The van der Waals surface area contributed by atoms with Gasteiger partial charge < -0.3 is 5.11 Å². The fraction of sp³-hybridized carbons (Fsp3) is 0.500. The summed E-state index contributed by atoms with van der Waals surface area (Å²) in [5, 5.41) is 16.1. The van der Waals surface area contributed by atoms with Gasteiger partial charge in [-0.1, -0.05) is 0 Å². The Morgan fingerprint density at radius 2 is 1.88 bits per heavy atom. The summed E-state index contributed by atoms with van der Waals surface area (Å²) in [5.41, 5.74) is 0. The van der Waals surface area contributed by atoms with E-state index in [-0.39, 0.29) is 0 Å². The molecule has 1 N–H and O–H groups in total. The van der Waals surface area contributed by atoms with Crippen LogP contribution in [0, 0.1) is 10.1 Å².